The van der Waals surface area contributed by atoms with Gasteiger partial charge in [-0.2, -0.15) is 0 Å². The van der Waals surface area contributed by atoms with Crippen LogP contribution in [0.4, 0.5) is 5.69 Å². The SMILES string of the molecule is COc1cc(Br)ccc1-c1ccc(OC)c(-c2ccc3c(NC(C)C4CC4)c(C(N)=O)nnc3c2)c1. The van der Waals surface area contributed by atoms with Crippen LogP contribution in [0, 0.1) is 5.92 Å². The number of nitrogens with two attached hydrogens (primary N) is 1. The Balaban J connectivity index is 1.62. The minimum Gasteiger partial charge on any atom is -0.496 e. The second-order valence-electron chi connectivity index (χ2n) is 9.05. The average molecular weight is 547 g/mol. The molecule has 3 aromatic carbocycles. The molecule has 0 aliphatic heterocycles. The van der Waals surface area contributed by atoms with E-state index in [0.717, 1.165) is 43.6 Å². The maximum atomic E-state index is 12.1. The Morgan fingerprint density at radius 1 is 0.972 bits per heavy atom. The molecule has 1 aliphatic rings. The molecule has 7 nitrogen and oxygen atoms in total. The number of carbonyl (C=O) groups excluding carboxylic acids is 1. The van der Waals surface area contributed by atoms with Crippen molar-refractivity contribution in [3.63, 3.8) is 0 Å². The van der Waals surface area contributed by atoms with Crippen LogP contribution in [0.2, 0.25) is 0 Å². The summed E-state index contributed by atoms with van der Waals surface area (Å²) in [6.07, 6.45) is 2.36. The summed E-state index contributed by atoms with van der Waals surface area (Å²) >= 11 is 3.51. The number of benzene rings is 3. The molecule has 1 aliphatic carbocycles. The summed E-state index contributed by atoms with van der Waals surface area (Å²) in [4.78, 5) is 12.1. The second kappa shape index (κ2) is 9.78. The summed E-state index contributed by atoms with van der Waals surface area (Å²) in [5.74, 6) is 1.49. The third kappa shape index (κ3) is 4.60. The quantitative estimate of drug-likeness (QED) is 0.279. The standard InChI is InChI=1S/C28H27BrN4O3/c1-15(16-4-5-16)31-26-21-9-6-18(13-23(21)32-33-27(26)28(30)34)22-12-17(7-11-24(22)35-2)20-10-8-19(29)14-25(20)36-3/h6-16H,4-5H2,1-3H3,(H2,30,34)(H,31,32). The van der Waals surface area contributed by atoms with Gasteiger partial charge in [-0.25, -0.2) is 0 Å². The van der Waals surface area contributed by atoms with Crippen LogP contribution in [0.15, 0.2) is 59.1 Å². The highest BCUT2D eigenvalue weighted by Crippen LogP contribution is 2.40. The van der Waals surface area contributed by atoms with E-state index in [-0.39, 0.29) is 11.7 Å². The van der Waals surface area contributed by atoms with Crippen LogP contribution >= 0.6 is 15.9 Å². The van der Waals surface area contributed by atoms with E-state index in [1.807, 2.05) is 48.5 Å². The van der Waals surface area contributed by atoms with Gasteiger partial charge in [0.25, 0.3) is 5.91 Å². The fraction of sp³-hybridized carbons (Fsp3) is 0.250. The Hall–Kier alpha value is -3.65. The molecule has 1 amide bonds. The van der Waals surface area contributed by atoms with Crippen LogP contribution in [-0.4, -0.2) is 36.4 Å². The number of nitrogens with one attached hydrogen (secondary N) is 1. The highest BCUT2D eigenvalue weighted by atomic mass is 79.9. The van der Waals surface area contributed by atoms with Gasteiger partial charge in [0.2, 0.25) is 0 Å². The van der Waals surface area contributed by atoms with E-state index in [1.165, 1.54) is 12.8 Å². The Labute approximate surface area is 218 Å². The largest absolute Gasteiger partial charge is 0.496 e. The molecule has 1 atom stereocenters. The highest BCUT2D eigenvalue weighted by Gasteiger charge is 2.29. The van der Waals surface area contributed by atoms with Crippen molar-refractivity contribution in [3.05, 3.63) is 64.8 Å². The number of rotatable bonds is 8. The Kier molecular flexibility index (Phi) is 6.53. The monoisotopic (exact) mass is 546 g/mol. The van der Waals surface area contributed by atoms with Gasteiger partial charge >= 0.3 is 0 Å². The van der Waals surface area contributed by atoms with Crippen molar-refractivity contribution < 1.29 is 14.3 Å². The van der Waals surface area contributed by atoms with Crippen LogP contribution in [0.5, 0.6) is 11.5 Å². The summed E-state index contributed by atoms with van der Waals surface area (Å²) in [6, 6.07) is 18.1. The lowest BCUT2D eigenvalue weighted by Crippen LogP contribution is -2.23. The van der Waals surface area contributed by atoms with E-state index in [0.29, 0.717) is 17.1 Å². The molecule has 36 heavy (non-hydrogen) atoms. The van der Waals surface area contributed by atoms with Gasteiger partial charge in [0, 0.05) is 27.0 Å². The van der Waals surface area contributed by atoms with Gasteiger partial charge in [-0.3, -0.25) is 4.79 Å². The third-order valence-electron chi connectivity index (χ3n) is 6.68. The Bertz CT molecular complexity index is 1470. The molecular formula is C28H27BrN4O3. The smallest absolute Gasteiger partial charge is 0.271 e. The van der Waals surface area contributed by atoms with Gasteiger partial charge in [0.05, 0.1) is 25.4 Å². The number of hydrogen-bond donors (Lipinski definition) is 2. The molecule has 8 heteroatoms. The van der Waals surface area contributed by atoms with Crippen molar-refractivity contribution in [1.29, 1.82) is 0 Å². The predicted molar refractivity (Wildman–Crippen MR) is 146 cm³/mol. The van der Waals surface area contributed by atoms with Gasteiger partial charge < -0.3 is 20.5 Å². The van der Waals surface area contributed by atoms with Crippen LogP contribution in [0.25, 0.3) is 33.2 Å². The third-order valence-corrected chi connectivity index (χ3v) is 7.17. The number of hydrogen-bond acceptors (Lipinski definition) is 6. The van der Waals surface area contributed by atoms with Crippen LogP contribution in [0.3, 0.4) is 0 Å². The van der Waals surface area contributed by atoms with Gasteiger partial charge in [-0.05, 0) is 79.3 Å². The zero-order valence-corrected chi connectivity index (χ0v) is 21.9. The Morgan fingerprint density at radius 3 is 2.39 bits per heavy atom. The topological polar surface area (TPSA) is 99.4 Å². The van der Waals surface area contributed by atoms with Gasteiger partial charge in [0.1, 0.15) is 11.5 Å². The first-order valence-electron chi connectivity index (χ1n) is 11.8. The van der Waals surface area contributed by atoms with Gasteiger partial charge in [-0.15, -0.1) is 10.2 Å². The lowest BCUT2D eigenvalue weighted by Gasteiger charge is -2.18. The number of nitrogens with zero attached hydrogens (tertiary/aromatic N) is 2. The van der Waals surface area contributed by atoms with E-state index < -0.39 is 5.91 Å². The minimum absolute atomic E-state index is 0.157. The van der Waals surface area contributed by atoms with Crippen LogP contribution in [0.1, 0.15) is 30.3 Å². The number of anilines is 1. The number of ether oxygens (including phenoxy) is 2. The van der Waals surface area contributed by atoms with E-state index in [9.17, 15) is 4.79 Å². The van der Waals surface area contributed by atoms with Crippen molar-refractivity contribution in [3.8, 4) is 33.8 Å². The normalized spacial score (nSPS) is 13.9. The lowest BCUT2D eigenvalue weighted by atomic mass is 9.96. The molecule has 1 unspecified atom stereocenters. The first-order valence-corrected chi connectivity index (χ1v) is 12.6. The molecule has 1 saturated carbocycles. The molecule has 3 N–H and O–H groups in total. The van der Waals surface area contributed by atoms with E-state index in [1.54, 1.807) is 14.2 Å². The molecule has 1 aromatic heterocycles. The number of amides is 1. The summed E-state index contributed by atoms with van der Waals surface area (Å²) in [6.45, 7) is 2.12. The molecule has 0 bridgehead atoms. The number of primary amides is 1. The minimum atomic E-state index is -0.600. The van der Waals surface area contributed by atoms with Crippen molar-refractivity contribution >= 4 is 38.4 Å². The molecule has 184 valence electrons. The number of halogens is 1. The van der Waals surface area contributed by atoms with E-state index in [4.69, 9.17) is 15.2 Å². The first kappa shape index (κ1) is 24.1. The molecule has 5 rings (SSSR count). The average Bonchev–Trinajstić information content (AvgIpc) is 3.73. The maximum absolute atomic E-state index is 12.1. The van der Waals surface area contributed by atoms with Crippen molar-refractivity contribution in [1.82, 2.24) is 10.2 Å². The van der Waals surface area contributed by atoms with Crippen molar-refractivity contribution in [2.24, 2.45) is 11.7 Å². The van der Waals surface area contributed by atoms with E-state index in [2.05, 4.69) is 44.4 Å². The zero-order valence-electron chi connectivity index (χ0n) is 20.3. The number of carbonyl (C=O) groups is 1. The van der Waals surface area contributed by atoms with Gasteiger partial charge in [0.15, 0.2) is 5.69 Å². The summed E-state index contributed by atoms with van der Waals surface area (Å²) in [5.41, 5.74) is 10.9. The fourth-order valence-corrected chi connectivity index (χ4v) is 4.88. The molecule has 4 aromatic rings. The summed E-state index contributed by atoms with van der Waals surface area (Å²) in [7, 11) is 3.31. The first-order chi connectivity index (χ1) is 17.4. The Morgan fingerprint density at radius 2 is 1.69 bits per heavy atom. The van der Waals surface area contributed by atoms with Gasteiger partial charge in [-0.1, -0.05) is 28.1 Å². The molecule has 0 saturated heterocycles. The molecule has 1 fully saturated rings. The molecule has 0 spiro atoms. The molecule has 1 heterocycles. The van der Waals surface area contributed by atoms with E-state index >= 15 is 0 Å². The number of aromatic nitrogens is 2. The lowest BCUT2D eigenvalue weighted by molar-refractivity contribution is 0.0995. The molecular weight excluding hydrogens is 520 g/mol. The summed E-state index contributed by atoms with van der Waals surface area (Å²) < 4.78 is 12.2. The summed E-state index contributed by atoms with van der Waals surface area (Å²) in [5, 5.41) is 12.8. The van der Waals surface area contributed by atoms with Crippen LogP contribution < -0.4 is 20.5 Å². The fourth-order valence-electron chi connectivity index (χ4n) is 4.54. The van der Waals surface area contributed by atoms with Crippen molar-refractivity contribution in [2.75, 3.05) is 19.5 Å². The highest BCUT2D eigenvalue weighted by molar-refractivity contribution is 9.10. The molecule has 0 radical (unpaired) electrons. The number of fused-ring (bicyclic) bond motifs is 1. The zero-order chi connectivity index (χ0) is 25.4. The second-order valence-corrected chi connectivity index (χ2v) is 9.97. The van der Waals surface area contributed by atoms with Crippen LogP contribution in [-0.2, 0) is 0 Å². The van der Waals surface area contributed by atoms with Crippen molar-refractivity contribution in [2.45, 2.75) is 25.8 Å². The maximum Gasteiger partial charge on any atom is 0.271 e. The number of methoxy groups -OCH3 is 2. The predicted octanol–water partition coefficient (Wildman–Crippen LogP) is 6.05.